The van der Waals surface area contributed by atoms with Crippen molar-refractivity contribution >= 4 is 23.8 Å². The molecule has 1 aromatic heterocycles. The van der Waals surface area contributed by atoms with E-state index in [2.05, 4.69) is 10.3 Å². The first kappa shape index (κ1) is 14.4. The van der Waals surface area contributed by atoms with E-state index in [1.807, 2.05) is 0 Å². The first-order valence-corrected chi connectivity index (χ1v) is 5.99. The van der Waals surface area contributed by atoms with E-state index in [1.165, 1.54) is 54.6 Å². The largest absolute Gasteiger partial charge is 0.477 e. The highest BCUT2D eigenvalue weighted by atomic mass is 19.1. The number of hydrogen-bond acceptors (Lipinski definition) is 3. The molecule has 2 aromatic rings. The molecule has 0 saturated carbocycles. The normalized spacial score (nSPS) is 10.5. The Balaban J connectivity index is 2.03. The summed E-state index contributed by atoms with van der Waals surface area (Å²) in [6.45, 7) is 0. The van der Waals surface area contributed by atoms with Crippen LogP contribution in [-0.2, 0) is 4.79 Å². The second-order valence-corrected chi connectivity index (χ2v) is 4.09. The Kier molecular flexibility index (Phi) is 4.40. The minimum atomic E-state index is -1.17. The SMILES string of the molecule is O=C(C=Cc1ccc(F)cc1)Nc1cccc(C(=O)O)n1. The Morgan fingerprint density at radius 3 is 2.52 bits per heavy atom. The zero-order chi connectivity index (χ0) is 15.2. The van der Waals surface area contributed by atoms with E-state index in [1.54, 1.807) is 0 Å². The van der Waals surface area contributed by atoms with E-state index in [0.717, 1.165) is 0 Å². The van der Waals surface area contributed by atoms with Crippen LogP contribution in [0.4, 0.5) is 10.2 Å². The number of amides is 1. The van der Waals surface area contributed by atoms with Gasteiger partial charge < -0.3 is 10.4 Å². The first-order valence-electron chi connectivity index (χ1n) is 5.99. The van der Waals surface area contributed by atoms with Gasteiger partial charge in [0, 0.05) is 6.08 Å². The highest BCUT2D eigenvalue weighted by molar-refractivity contribution is 6.01. The molecule has 0 saturated heterocycles. The molecule has 0 aliphatic rings. The van der Waals surface area contributed by atoms with Crippen molar-refractivity contribution in [1.29, 1.82) is 0 Å². The van der Waals surface area contributed by atoms with Crippen molar-refractivity contribution in [2.75, 3.05) is 5.32 Å². The van der Waals surface area contributed by atoms with Crippen LogP contribution < -0.4 is 5.32 Å². The molecule has 0 bridgehead atoms. The van der Waals surface area contributed by atoms with Gasteiger partial charge in [0.1, 0.15) is 11.6 Å². The molecule has 2 rings (SSSR count). The van der Waals surface area contributed by atoms with Crippen LogP contribution in [-0.4, -0.2) is 22.0 Å². The predicted molar refractivity (Wildman–Crippen MR) is 75.3 cm³/mol. The quantitative estimate of drug-likeness (QED) is 0.847. The molecule has 0 unspecified atom stereocenters. The van der Waals surface area contributed by atoms with Crippen LogP contribution in [0.15, 0.2) is 48.5 Å². The lowest BCUT2D eigenvalue weighted by molar-refractivity contribution is -0.111. The van der Waals surface area contributed by atoms with Gasteiger partial charge in [-0.1, -0.05) is 18.2 Å². The molecular weight excluding hydrogens is 275 g/mol. The van der Waals surface area contributed by atoms with E-state index in [9.17, 15) is 14.0 Å². The third-order valence-electron chi connectivity index (χ3n) is 2.52. The Hall–Kier alpha value is -3.02. The fourth-order valence-corrected chi connectivity index (χ4v) is 1.54. The molecule has 0 fully saturated rings. The lowest BCUT2D eigenvalue weighted by atomic mass is 10.2. The third-order valence-corrected chi connectivity index (χ3v) is 2.52. The number of halogens is 1. The van der Waals surface area contributed by atoms with Gasteiger partial charge in [0.15, 0.2) is 5.69 Å². The van der Waals surface area contributed by atoms with Gasteiger partial charge in [0.2, 0.25) is 5.91 Å². The van der Waals surface area contributed by atoms with Crippen molar-refractivity contribution in [1.82, 2.24) is 4.98 Å². The molecule has 2 N–H and O–H groups in total. The highest BCUT2D eigenvalue weighted by Crippen LogP contribution is 2.07. The Bertz CT molecular complexity index is 696. The molecule has 106 valence electrons. The van der Waals surface area contributed by atoms with Gasteiger partial charge in [-0.25, -0.2) is 14.2 Å². The Morgan fingerprint density at radius 2 is 1.86 bits per heavy atom. The molecule has 0 aliphatic carbocycles. The summed E-state index contributed by atoms with van der Waals surface area (Å²) >= 11 is 0. The summed E-state index contributed by atoms with van der Waals surface area (Å²) in [4.78, 5) is 26.2. The highest BCUT2D eigenvalue weighted by Gasteiger charge is 2.06. The Labute approximate surface area is 119 Å². The summed E-state index contributed by atoms with van der Waals surface area (Å²) in [5, 5.41) is 11.2. The number of pyridine rings is 1. The molecule has 5 nitrogen and oxygen atoms in total. The fraction of sp³-hybridized carbons (Fsp3) is 0. The topological polar surface area (TPSA) is 79.3 Å². The van der Waals surface area contributed by atoms with Crippen molar-refractivity contribution in [3.05, 3.63) is 65.6 Å². The first-order chi connectivity index (χ1) is 10.0. The van der Waals surface area contributed by atoms with E-state index in [0.29, 0.717) is 5.56 Å². The van der Waals surface area contributed by atoms with E-state index >= 15 is 0 Å². The maximum absolute atomic E-state index is 12.7. The van der Waals surface area contributed by atoms with Crippen molar-refractivity contribution in [2.24, 2.45) is 0 Å². The number of benzene rings is 1. The van der Waals surface area contributed by atoms with E-state index in [4.69, 9.17) is 5.11 Å². The fourth-order valence-electron chi connectivity index (χ4n) is 1.54. The molecule has 0 atom stereocenters. The number of carbonyl (C=O) groups excluding carboxylic acids is 1. The summed E-state index contributed by atoms with van der Waals surface area (Å²) in [5.41, 5.74) is 0.508. The number of carboxylic acids is 1. The second-order valence-electron chi connectivity index (χ2n) is 4.09. The number of anilines is 1. The van der Waals surface area contributed by atoms with Crippen LogP contribution in [0.3, 0.4) is 0 Å². The van der Waals surface area contributed by atoms with Crippen LogP contribution in [0.5, 0.6) is 0 Å². The standard InChI is InChI=1S/C15H11FN2O3/c16-11-7-4-10(5-8-11)6-9-14(19)18-13-3-1-2-12(17-13)15(20)21/h1-9H,(H,20,21)(H,17,18,19). The van der Waals surface area contributed by atoms with Gasteiger partial charge in [0.25, 0.3) is 0 Å². The number of carboxylic acid groups (broad SMARTS) is 1. The molecule has 6 heteroatoms. The predicted octanol–water partition coefficient (Wildman–Crippen LogP) is 2.57. The van der Waals surface area contributed by atoms with Crippen molar-refractivity contribution in [2.45, 2.75) is 0 Å². The zero-order valence-electron chi connectivity index (χ0n) is 10.8. The maximum Gasteiger partial charge on any atom is 0.354 e. The molecule has 1 heterocycles. The van der Waals surface area contributed by atoms with E-state index in [-0.39, 0.29) is 17.3 Å². The van der Waals surface area contributed by atoms with Crippen LogP contribution in [0.1, 0.15) is 16.1 Å². The summed E-state index contributed by atoms with van der Waals surface area (Å²) < 4.78 is 12.7. The van der Waals surface area contributed by atoms with Gasteiger partial charge in [-0.3, -0.25) is 4.79 Å². The van der Waals surface area contributed by atoms with Gasteiger partial charge >= 0.3 is 5.97 Å². The number of nitrogens with zero attached hydrogens (tertiary/aromatic N) is 1. The number of aromatic nitrogens is 1. The third kappa shape index (κ3) is 4.24. The van der Waals surface area contributed by atoms with Gasteiger partial charge in [-0.05, 0) is 35.9 Å². The van der Waals surface area contributed by atoms with Gasteiger partial charge in [0.05, 0.1) is 0 Å². The summed E-state index contributed by atoms with van der Waals surface area (Å²) in [7, 11) is 0. The van der Waals surface area contributed by atoms with E-state index < -0.39 is 11.9 Å². The van der Waals surface area contributed by atoms with Crippen LogP contribution in [0.2, 0.25) is 0 Å². The van der Waals surface area contributed by atoms with Crippen molar-refractivity contribution in [3.8, 4) is 0 Å². The van der Waals surface area contributed by atoms with Crippen LogP contribution in [0, 0.1) is 5.82 Å². The lowest BCUT2D eigenvalue weighted by Gasteiger charge is -2.02. The van der Waals surface area contributed by atoms with Crippen LogP contribution >= 0.6 is 0 Å². The minimum Gasteiger partial charge on any atom is -0.477 e. The number of aromatic carboxylic acids is 1. The molecule has 1 aromatic carbocycles. The number of nitrogens with one attached hydrogen (secondary N) is 1. The molecule has 0 spiro atoms. The number of hydrogen-bond donors (Lipinski definition) is 2. The average molecular weight is 286 g/mol. The molecule has 1 amide bonds. The molecular formula is C15H11FN2O3. The monoisotopic (exact) mass is 286 g/mol. The van der Waals surface area contributed by atoms with Gasteiger partial charge in [-0.2, -0.15) is 0 Å². The van der Waals surface area contributed by atoms with Gasteiger partial charge in [-0.15, -0.1) is 0 Å². The molecule has 0 radical (unpaired) electrons. The van der Waals surface area contributed by atoms with Crippen LogP contribution in [0.25, 0.3) is 6.08 Å². The van der Waals surface area contributed by atoms with Crippen molar-refractivity contribution < 1.29 is 19.1 Å². The second kappa shape index (κ2) is 6.42. The summed E-state index contributed by atoms with van der Waals surface area (Å²) in [6.07, 6.45) is 2.76. The van der Waals surface area contributed by atoms with Crippen molar-refractivity contribution in [3.63, 3.8) is 0 Å². The maximum atomic E-state index is 12.7. The zero-order valence-corrected chi connectivity index (χ0v) is 10.8. The summed E-state index contributed by atoms with van der Waals surface area (Å²) in [6, 6.07) is 9.92. The summed E-state index contributed by atoms with van der Waals surface area (Å²) in [5.74, 6) is -1.85. The number of rotatable bonds is 4. The average Bonchev–Trinajstić information content (AvgIpc) is 2.47. The Morgan fingerprint density at radius 1 is 1.14 bits per heavy atom. The number of carbonyl (C=O) groups is 2. The lowest BCUT2D eigenvalue weighted by Crippen LogP contribution is -2.11. The smallest absolute Gasteiger partial charge is 0.354 e. The minimum absolute atomic E-state index is 0.142. The molecule has 0 aliphatic heterocycles. The molecule has 21 heavy (non-hydrogen) atoms.